The van der Waals surface area contributed by atoms with Gasteiger partial charge in [-0.1, -0.05) is 30.3 Å². The van der Waals surface area contributed by atoms with Gasteiger partial charge in [-0.3, -0.25) is 15.5 Å². The van der Waals surface area contributed by atoms with Gasteiger partial charge in [0.05, 0.1) is 10.5 Å². The second-order valence-electron chi connectivity index (χ2n) is 5.75. The van der Waals surface area contributed by atoms with E-state index >= 15 is 0 Å². The van der Waals surface area contributed by atoms with E-state index in [1.807, 2.05) is 30.3 Å². The summed E-state index contributed by atoms with van der Waals surface area (Å²) in [5, 5.41) is 20.6. The summed E-state index contributed by atoms with van der Waals surface area (Å²) in [7, 11) is 0. The fourth-order valence-electron chi connectivity index (χ4n) is 2.68. The highest BCUT2D eigenvalue weighted by Gasteiger charge is 2.22. The first-order chi connectivity index (χ1) is 12.4. The zero-order chi connectivity index (χ0) is 18.8. The molecule has 0 heterocycles. The Morgan fingerprint density at radius 1 is 1.08 bits per heavy atom. The van der Waals surface area contributed by atoms with Crippen LogP contribution < -0.4 is 10.5 Å². The van der Waals surface area contributed by atoms with Crippen LogP contribution in [0.25, 0.3) is 10.8 Å². The van der Waals surface area contributed by atoms with Gasteiger partial charge in [-0.2, -0.15) is 0 Å². The lowest BCUT2D eigenvalue weighted by Gasteiger charge is -2.10. The molecule has 0 radical (unpaired) electrons. The number of nitro groups is 1. The molecule has 3 rings (SSSR count). The van der Waals surface area contributed by atoms with Crippen molar-refractivity contribution in [1.29, 1.82) is 5.41 Å². The maximum atomic E-state index is 12.6. The maximum absolute atomic E-state index is 12.6. The number of carbonyl (C=O) groups is 1. The Labute approximate surface area is 148 Å². The minimum atomic E-state index is -0.733. The molecule has 0 aliphatic carbocycles. The third kappa shape index (κ3) is 3.23. The van der Waals surface area contributed by atoms with Crippen LogP contribution in [0.15, 0.2) is 54.6 Å². The highest BCUT2D eigenvalue weighted by Crippen LogP contribution is 2.25. The molecule has 130 valence electrons. The van der Waals surface area contributed by atoms with Crippen molar-refractivity contribution in [3.05, 3.63) is 81.4 Å². The number of nitrogens with zero attached hydrogens (tertiary/aromatic N) is 1. The summed E-state index contributed by atoms with van der Waals surface area (Å²) in [6.45, 7) is 1.51. The van der Waals surface area contributed by atoms with Gasteiger partial charge >= 0.3 is 5.97 Å². The summed E-state index contributed by atoms with van der Waals surface area (Å²) >= 11 is 0. The third-order valence-electron chi connectivity index (χ3n) is 3.97. The molecule has 0 spiro atoms. The van der Waals surface area contributed by atoms with E-state index in [4.69, 9.17) is 15.9 Å². The molecule has 7 heteroatoms. The van der Waals surface area contributed by atoms with Crippen molar-refractivity contribution in [2.75, 3.05) is 0 Å². The van der Waals surface area contributed by atoms with Gasteiger partial charge in [-0.15, -0.1) is 0 Å². The average molecular weight is 349 g/mol. The van der Waals surface area contributed by atoms with Crippen LogP contribution in [0.2, 0.25) is 0 Å². The van der Waals surface area contributed by atoms with Gasteiger partial charge in [0.1, 0.15) is 11.6 Å². The van der Waals surface area contributed by atoms with E-state index in [9.17, 15) is 14.9 Å². The lowest BCUT2D eigenvalue weighted by molar-refractivity contribution is -0.385. The van der Waals surface area contributed by atoms with Crippen molar-refractivity contribution in [3.8, 4) is 5.75 Å². The SMILES string of the molecule is Cc1cc(C(=O)Oc2ccc3ccccc3c2)c(C(=N)N)cc1[N+](=O)[O-]. The molecule has 0 aliphatic heterocycles. The third-order valence-corrected chi connectivity index (χ3v) is 3.97. The van der Waals surface area contributed by atoms with E-state index in [1.165, 1.54) is 13.0 Å². The number of rotatable bonds is 4. The Bertz CT molecular complexity index is 1060. The molecule has 0 fully saturated rings. The van der Waals surface area contributed by atoms with Gasteiger partial charge in [0.2, 0.25) is 0 Å². The number of hydrogen-bond acceptors (Lipinski definition) is 5. The minimum Gasteiger partial charge on any atom is -0.423 e. The van der Waals surface area contributed by atoms with Gasteiger partial charge in [0.15, 0.2) is 0 Å². The molecular formula is C19H15N3O4. The predicted molar refractivity (Wildman–Crippen MR) is 97.8 cm³/mol. The fraction of sp³-hybridized carbons (Fsp3) is 0.0526. The number of ether oxygens (including phenoxy) is 1. The Balaban J connectivity index is 1.99. The van der Waals surface area contributed by atoms with E-state index < -0.39 is 16.7 Å². The molecule has 0 saturated heterocycles. The first-order valence-electron chi connectivity index (χ1n) is 7.71. The van der Waals surface area contributed by atoms with Gasteiger partial charge in [0.25, 0.3) is 5.69 Å². The van der Waals surface area contributed by atoms with Gasteiger partial charge in [0, 0.05) is 17.2 Å². The number of hydrogen-bond donors (Lipinski definition) is 2. The predicted octanol–water partition coefficient (Wildman–Crippen LogP) is 3.56. The molecule has 3 N–H and O–H groups in total. The van der Waals surface area contributed by atoms with E-state index in [0.29, 0.717) is 5.75 Å². The Morgan fingerprint density at radius 3 is 2.42 bits per heavy atom. The maximum Gasteiger partial charge on any atom is 0.344 e. The van der Waals surface area contributed by atoms with Gasteiger partial charge < -0.3 is 10.5 Å². The molecule has 26 heavy (non-hydrogen) atoms. The number of aryl methyl sites for hydroxylation is 1. The van der Waals surface area contributed by atoms with Crippen molar-refractivity contribution < 1.29 is 14.5 Å². The summed E-state index contributed by atoms with van der Waals surface area (Å²) in [5.74, 6) is -0.846. The van der Waals surface area contributed by atoms with Crippen LogP contribution in [0.4, 0.5) is 5.69 Å². The highest BCUT2D eigenvalue weighted by atomic mass is 16.6. The summed E-state index contributed by atoms with van der Waals surface area (Å²) in [5.41, 5.74) is 5.54. The van der Waals surface area contributed by atoms with Crippen molar-refractivity contribution in [2.24, 2.45) is 5.73 Å². The van der Waals surface area contributed by atoms with E-state index in [2.05, 4.69) is 0 Å². The minimum absolute atomic E-state index is 0.00811. The molecule has 3 aromatic rings. The van der Waals surface area contributed by atoms with Crippen LogP contribution in [0.3, 0.4) is 0 Å². The van der Waals surface area contributed by atoms with Crippen molar-refractivity contribution in [2.45, 2.75) is 6.92 Å². The average Bonchev–Trinajstić information content (AvgIpc) is 2.60. The van der Waals surface area contributed by atoms with Crippen LogP contribution in [0.5, 0.6) is 5.75 Å². The number of benzene rings is 3. The molecular weight excluding hydrogens is 334 g/mol. The summed E-state index contributed by atoms with van der Waals surface area (Å²) in [4.78, 5) is 23.1. The fourth-order valence-corrected chi connectivity index (χ4v) is 2.68. The van der Waals surface area contributed by atoms with Crippen LogP contribution in [-0.4, -0.2) is 16.7 Å². The summed E-state index contributed by atoms with van der Waals surface area (Å²) in [6, 6.07) is 15.3. The normalized spacial score (nSPS) is 10.5. The number of fused-ring (bicyclic) bond motifs is 1. The number of nitrogen functional groups attached to an aromatic ring is 1. The number of amidine groups is 1. The molecule has 0 bridgehead atoms. The molecule has 0 unspecified atom stereocenters. The van der Waals surface area contributed by atoms with Crippen LogP contribution in [-0.2, 0) is 0 Å². The number of nitro benzene ring substituents is 1. The quantitative estimate of drug-likeness (QED) is 0.186. The second kappa shape index (κ2) is 6.64. The van der Waals surface area contributed by atoms with E-state index in [0.717, 1.165) is 16.8 Å². The van der Waals surface area contributed by atoms with Gasteiger partial charge in [-0.05, 0) is 35.9 Å². The molecule has 7 nitrogen and oxygen atoms in total. The molecule has 0 aliphatic rings. The summed E-state index contributed by atoms with van der Waals surface area (Å²) < 4.78 is 5.39. The zero-order valence-corrected chi connectivity index (χ0v) is 13.9. The number of nitrogens with two attached hydrogens (primary N) is 1. The second-order valence-corrected chi connectivity index (χ2v) is 5.75. The van der Waals surface area contributed by atoms with Crippen LogP contribution in [0, 0.1) is 22.4 Å². The van der Waals surface area contributed by atoms with E-state index in [1.54, 1.807) is 12.1 Å². The topological polar surface area (TPSA) is 119 Å². The Hall–Kier alpha value is -3.74. The molecule has 0 atom stereocenters. The number of esters is 1. The van der Waals surface area contributed by atoms with Crippen molar-refractivity contribution in [3.63, 3.8) is 0 Å². The largest absolute Gasteiger partial charge is 0.423 e. The Kier molecular flexibility index (Phi) is 4.36. The van der Waals surface area contributed by atoms with E-state index in [-0.39, 0.29) is 22.4 Å². The summed E-state index contributed by atoms with van der Waals surface area (Å²) in [6.07, 6.45) is 0. The first kappa shape index (κ1) is 17.1. The molecule has 0 aromatic heterocycles. The zero-order valence-electron chi connectivity index (χ0n) is 13.9. The molecule has 0 saturated carbocycles. The van der Waals surface area contributed by atoms with Crippen molar-refractivity contribution >= 4 is 28.3 Å². The highest BCUT2D eigenvalue weighted by molar-refractivity contribution is 6.07. The first-order valence-corrected chi connectivity index (χ1v) is 7.71. The van der Waals surface area contributed by atoms with Crippen LogP contribution in [0.1, 0.15) is 21.5 Å². The van der Waals surface area contributed by atoms with Crippen molar-refractivity contribution in [1.82, 2.24) is 0 Å². The molecule has 3 aromatic carbocycles. The standard InChI is InChI=1S/C19H15N3O4/c1-11-8-16(15(18(20)21)10-17(11)22(24)25)19(23)26-14-7-6-12-4-2-3-5-13(12)9-14/h2-10H,1H3,(H3,20,21). The van der Waals surface area contributed by atoms with Crippen LogP contribution >= 0.6 is 0 Å². The lowest BCUT2D eigenvalue weighted by atomic mass is 10.0. The lowest BCUT2D eigenvalue weighted by Crippen LogP contribution is -2.20. The molecule has 0 amide bonds. The smallest absolute Gasteiger partial charge is 0.344 e. The monoisotopic (exact) mass is 349 g/mol. The Morgan fingerprint density at radius 2 is 1.77 bits per heavy atom. The number of nitrogens with one attached hydrogen (secondary N) is 1. The number of carbonyl (C=O) groups excluding carboxylic acids is 1. The van der Waals surface area contributed by atoms with Gasteiger partial charge in [-0.25, -0.2) is 4.79 Å².